The highest BCUT2D eigenvalue weighted by atomic mass is 19.4. The fourth-order valence-electron chi connectivity index (χ4n) is 5.20. The second-order valence-corrected chi connectivity index (χ2v) is 9.94. The minimum atomic E-state index is -4.81. The third kappa shape index (κ3) is 6.20. The van der Waals surface area contributed by atoms with Crippen LogP contribution in [-0.4, -0.2) is 37.1 Å². The molecule has 10 heteroatoms. The zero-order chi connectivity index (χ0) is 25.9. The van der Waals surface area contributed by atoms with E-state index in [4.69, 9.17) is 9.15 Å². The Kier molecular flexibility index (Phi) is 7.90. The van der Waals surface area contributed by atoms with E-state index in [1.54, 1.807) is 17.0 Å². The van der Waals surface area contributed by atoms with Gasteiger partial charge in [-0.3, -0.25) is 9.59 Å². The lowest BCUT2D eigenvalue weighted by Gasteiger charge is -2.29. The second kappa shape index (κ2) is 10.9. The molecule has 4 rings (SSSR count). The fourth-order valence-corrected chi connectivity index (χ4v) is 5.20. The summed E-state index contributed by atoms with van der Waals surface area (Å²) < 4.78 is 51.0. The number of esters is 1. The first-order chi connectivity index (χ1) is 17.1. The van der Waals surface area contributed by atoms with Gasteiger partial charge in [0.15, 0.2) is 5.69 Å². The van der Waals surface area contributed by atoms with E-state index in [1.165, 1.54) is 7.11 Å². The Morgan fingerprint density at radius 1 is 1.14 bits per heavy atom. The Balaban J connectivity index is 1.41. The number of hydrogen-bond donors (Lipinski definition) is 1. The molecule has 1 unspecified atom stereocenters. The molecule has 36 heavy (non-hydrogen) atoms. The van der Waals surface area contributed by atoms with Crippen LogP contribution in [0.4, 0.5) is 24.9 Å². The quantitative estimate of drug-likeness (QED) is 0.482. The highest BCUT2D eigenvalue weighted by Gasteiger charge is 2.42. The minimum Gasteiger partial charge on any atom is -0.469 e. The highest BCUT2D eigenvalue weighted by Crippen LogP contribution is 2.38. The van der Waals surface area contributed by atoms with Crippen molar-refractivity contribution in [2.75, 3.05) is 30.4 Å². The molecular weight excluding hydrogens is 475 g/mol. The van der Waals surface area contributed by atoms with Gasteiger partial charge in [0.1, 0.15) is 0 Å². The van der Waals surface area contributed by atoms with E-state index in [2.05, 4.69) is 10.3 Å². The number of carbonyl (C=O) groups is 2. The normalized spacial score (nSPS) is 22.8. The summed E-state index contributed by atoms with van der Waals surface area (Å²) in [6, 6.07) is 6.96. The first-order valence-electron chi connectivity index (χ1n) is 12.4. The van der Waals surface area contributed by atoms with Gasteiger partial charge in [-0.1, -0.05) is 19.1 Å². The zero-order valence-electron chi connectivity index (χ0n) is 20.6. The first kappa shape index (κ1) is 26.0. The molecule has 1 atom stereocenters. The van der Waals surface area contributed by atoms with Crippen LogP contribution in [0.3, 0.4) is 0 Å². The van der Waals surface area contributed by atoms with E-state index in [-0.39, 0.29) is 12.0 Å². The number of halogens is 3. The van der Waals surface area contributed by atoms with Crippen molar-refractivity contribution in [3.05, 3.63) is 41.3 Å². The van der Waals surface area contributed by atoms with E-state index < -0.39 is 23.5 Å². The van der Waals surface area contributed by atoms with Crippen molar-refractivity contribution in [2.24, 2.45) is 11.8 Å². The summed E-state index contributed by atoms with van der Waals surface area (Å²) >= 11 is 0. The molecule has 7 nitrogen and oxygen atoms in total. The number of hydrogen-bond acceptors (Lipinski definition) is 6. The third-order valence-corrected chi connectivity index (χ3v) is 7.19. The van der Waals surface area contributed by atoms with Gasteiger partial charge in [-0.05, 0) is 74.0 Å². The molecule has 0 spiro atoms. The van der Waals surface area contributed by atoms with Gasteiger partial charge in [0.05, 0.1) is 7.11 Å². The van der Waals surface area contributed by atoms with Gasteiger partial charge in [-0.2, -0.15) is 18.2 Å². The molecule has 1 saturated carbocycles. The number of benzene rings is 1. The van der Waals surface area contributed by atoms with Crippen molar-refractivity contribution >= 4 is 23.6 Å². The number of methoxy groups -OCH3 is 1. The maximum Gasteiger partial charge on any atom is 0.437 e. The number of piperidine rings is 1. The molecule has 0 bridgehead atoms. The van der Waals surface area contributed by atoms with Crippen LogP contribution in [0, 0.1) is 11.8 Å². The molecule has 2 fully saturated rings. The molecule has 1 N–H and O–H groups in total. The monoisotopic (exact) mass is 507 g/mol. The molecule has 1 saturated heterocycles. The zero-order valence-corrected chi connectivity index (χ0v) is 20.6. The topological polar surface area (TPSA) is 84.7 Å². The average Bonchev–Trinajstić information content (AvgIpc) is 3.32. The number of amides is 1. The number of carbonyl (C=O) groups excluding carboxylic acids is 2. The Morgan fingerprint density at radius 3 is 2.44 bits per heavy atom. The second-order valence-electron chi connectivity index (χ2n) is 9.94. The molecule has 1 amide bonds. The maximum atomic E-state index is 13.6. The Morgan fingerprint density at radius 2 is 1.83 bits per heavy atom. The largest absolute Gasteiger partial charge is 0.469 e. The molecule has 1 aromatic heterocycles. The first-order valence-corrected chi connectivity index (χ1v) is 12.4. The number of nitrogens with zero attached hydrogens (tertiary/aromatic N) is 2. The minimum absolute atomic E-state index is 0.169. The fraction of sp³-hybridized carbons (Fsp3) is 0.577. The van der Waals surface area contributed by atoms with E-state index in [0.29, 0.717) is 43.0 Å². The lowest BCUT2D eigenvalue weighted by molar-refractivity contribution is -0.142. The van der Waals surface area contributed by atoms with Crippen LogP contribution >= 0.6 is 0 Å². The summed E-state index contributed by atoms with van der Waals surface area (Å²) in [7, 11) is 1.40. The molecule has 2 heterocycles. The van der Waals surface area contributed by atoms with Gasteiger partial charge in [-0.15, -0.1) is 0 Å². The lowest BCUT2D eigenvalue weighted by Crippen LogP contribution is -2.34. The van der Waals surface area contributed by atoms with Crippen molar-refractivity contribution in [1.82, 2.24) is 4.98 Å². The number of nitrogens with one attached hydrogen (secondary N) is 1. The standard InChI is InChI=1S/C26H32F3N3O4/c1-16-4-3-13-32(15-16)25-31-23(26(27,28)29)22(36-25)24(34)30-20-11-9-19(10-12-20)18-7-5-17(6-8-18)14-21(33)35-2/h9-12,16-18H,3-8,13-15H2,1-2H3,(H,30,34)/t16?,17-,18-. The Hall–Kier alpha value is -3.04. The number of ether oxygens (including phenoxy) is 1. The number of rotatable bonds is 6. The molecule has 2 aliphatic rings. The predicted molar refractivity (Wildman–Crippen MR) is 128 cm³/mol. The predicted octanol–water partition coefficient (Wildman–Crippen LogP) is 6.02. The van der Waals surface area contributed by atoms with Gasteiger partial charge in [0.2, 0.25) is 5.76 Å². The van der Waals surface area contributed by atoms with E-state index in [1.807, 2.05) is 19.1 Å². The number of anilines is 2. The SMILES string of the molecule is COC(=O)C[C@H]1CC[C@H](c2ccc(NC(=O)c3oc(N4CCCC(C)C4)nc3C(F)(F)F)cc2)CC1. The highest BCUT2D eigenvalue weighted by molar-refractivity contribution is 6.03. The van der Waals surface area contributed by atoms with E-state index >= 15 is 0 Å². The average molecular weight is 508 g/mol. The number of oxazole rings is 1. The summed E-state index contributed by atoms with van der Waals surface area (Å²) in [5, 5.41) is 2.52. The van der Waals surface area contributed by atoms with Crippen LogP contribution in [0.25, 0.3) is 0 Å². The lowest BCUT2D eigenvalue weighted by atomic mass is 9.77. The number of aromatic nitrogens is 1. The van der Waals surface area contributed by atoms with Crippen LogP contribution in [0.5, 0.6) is 0 Å². The van der Waals surface area contributed by atoms with Crippen molar-refractivity contribution in [3.8, 4) is 0 Å². The number of alkyl halides is 3. The van der Waals surface area contributed by atoms with Crippen LogP contribution in [0.15, 0.2) is 28.7 Å². The Bertz CT molecular complexity index is 1060. The van der Waals surface area contributed by atoms with Crippen molar-refractivity contribution in [2.45, 2.75) is 64.0 Å². The Labute approximate surface area is 208 Å². The summed E-state index contributed by atoms with van der Waals surface area (Å²) in [5.41, 5.74) is 0.163. The van der Waals surface area contributed by atoms with E-state index in [9.17, 15) is 22.8 Å². The summed E-state index contributed by atoms with van der Waals surface area (Å²) in [5.74, 6) is -1.03. The molecule has 1 aliphatic heterocycles. The van der Waals surface area contributed by atoms with Crippen LogP contribution < -0.4 is 10.2 Å². The molecular formula is C26H32F3N3O4. The van der Waals surface area contributed by atoms with Crippen LogP contribution in [0.1, 0.15) is 79.6 Å². The summed E-state index contributed by atoms with van der Waals surface area (Å²) in [6.45, 7) is 3.09. The van der Waals surface area contributed by atoms with Crippen molar-refractivity contribution in [1.29, 1.82) is 0 Å². The van der Waals surface area contributed by atoms with E-state index in [0.717, 1.165) is 44.1 Å². The van der Waals surface area contributed by atoms with Gasteiger partial charge in [-0.25, -0.2) is 0 Å². The third-order valence-electron chi connectivity index (χ3n) is 7.19. The maximum absolute atomic E-state index is 13.6. The van der Waals surface area contributed by atoms with Gasteiger partial charge in [0, 0.05) is 25.2 Å². The smallest absolute Gasteiger partial charge is 0.437 e. The molecule has 196 valence electrons. The van der Waals surface area contributed by atoms with Gasteiger partial charge in [0.25, 0.3) is 11.9 Å². The molecule has 1 aliphatic carbocycles. The van der Waals surface area contributed by atoms with Crippen molar-refractivity contribution in [3.63, 3.8) is 0 Å². The summed E-state index contributed by atoms with van der Waals surface area (Å²) in [6.07, 6.45) is 1.19. The molecule has 1 aromatic carbocycles. The van der Waals surface area contributed by atoms with Gasteiger partial charge < -0.3 is 19.4 Å². The summed E-state index contributed by atoms with van der Waals surface area (Å²) in [4.78, 5) is 29.6. The van der Waals surface area contributed by atoms with Crippen molar-refractivity contribution < 1.29 is 31.9 Å². The van der Waals surface area contributed by atoms with Crippen LogP contribution in [0.2, 0.25) is 0 Å². The van der Waals surface area contributed by atoms with Gasteiger partial charge >= 0.3 is 12.1 Å². The van der Waals surface area contributed by atoms with Crippen LogP contribution in [-0.2, 0) is 15.7 Å². The molecule has 2 aromatic rings. The molecule has 0 radical (unpaired) electrons.